The molecule has 0 bridgehead atoms. The smallest absolute Gasteiger partial charge is 0.229 e. The van der Waals surface area contributed by atoms with Crippen LogP contribution in [0.25, 0.3) is 0 Å². The summed E-state index contributed by atoms with van der Waals surface area (Å²) in [5, 5.41) is 6.15. The molecule has 1 aromatic heterocycles. The molecular formula is C19H26N4O. The fourth-order valence-corrected chi connectivity index (χ4v) is 2.28. The summed E-state index contributed by atoms with van der Waals surface area (Å²) in [6.45, 7) is 3.98. The molecule has 5 heteroatoms. The first kappa shape index (κ1) is 17.9. The normalized spacial score (nSPS) is 10.7. The molecule has 0 aliphatic heterocycles. The summed E-state index contributed by atoms with van der Waals surface area (Å²) in [6.07, 6.45) is 3.17. The molecule has 0 aliphatic carbocycles. The van der Waals surface area contributed by atoms with Crippen molar-refractivity contribution in [3.63, 3.8) is 0 Å². The van der Waals surface area contributed by atoms with Crippen molar-refractivity contribution >= 4 is 17.4 Å². The maximum atomic E-state index is 12.1. The van der Waals surface area contributed by atoms with Gasteiger partial charge in [0, 0.05) is 6.54 Å². The predicted octanol–water partition coefficient (Wildman–Crippen LogP) is 2.93. The number of carbonyl (C=O) groups is 1. The number of hydrogen-bond donors (Lipinski definition) is 2. The molecule has 24 heavy (non-hydrogen) atoms. The Balaban J connectivity index is 1.78. The molecule has 0 saturated heterocycles. The second kappa shape index (κ2) is 9.03. The quantitative estimate of drug-likeness (QED) is 0.732. The van der Waals surface area contributed by atoms with Crippen molar-refractivity contribution in [3.8, 4) is 0 Å². The van der Waals surface area contributed by atoms with Gasteiger partial charge in [0.25, 0.3) is 0 Å². The number of aromatic nitrogens is 1. The topological polar surface area (TPSA) is 57.3 Å². The van der Waals surface area contributed by atoms with E-state index in [4.69, 9.17) is 0 Å². The Bertz CT molecular complexity index is 635. The first-order valence-electron chi connectivity index (χ1n) is 8.23. The first-order valence-corrected chi connectivity index (χ1v) is 8.23. The summed E-state index contributed by atoms with van der Waals surface area (Å²) in [4.78, 5) is 18.5. The lowest BCUT2D eigenvalue weighted by atomic mass is 10.1. The molecule has 0 radical (unpaired) electrons. The average Bonchev–Trinajstić information content (AvgIpc) is 2.55. The second-order valence-corrected chi connectivity index (χ2v) is 6.23. The van der Waals surface area contributed by atoms with E-state index in [9.17, 15) is 4.79 Å². The summed E-state index contributed by atoms with van der Waals surface area (Å²) < 4.78 is 0. The number of benzene rings is 1. The summed E-state index contributed by atoms with van der Waals surface area (Å²) in [6, 6.07) is 11.7. The molecule has 0 spiro atoms. The van der Waals surface area contributed by atoms with Crippen LogP contribution in [0.3, 0.4) is 0 Å². The molecule has 1 aromatic carbocycles. The maximum Gasteiger partial charge on any atom is 0.229 e. The van der Waals surface area contributed by atoms with E-state index in [-0.39, 0.29) is 5.91 Å². The van der Waals surface area contributed by atoms with E-state index < -0.39 is 0 Å². The van der Waals surface area contributed by atoms with Crippen LogP contribution in [0.4, 0.5) is 11.5 Å². The van der Waals surface area contributed by atoms with E-state index in [1.807, 2.05) is 43.3 Å². The lowest BCUT2D eigenvalue weighted by molar-refractivity contribution is -0.115. The average molecular weight is 326 g/mol. The number of carbonyl (C=O) groups excluding carboxylic acids is 1. The van der Waals surface area contributed by atoms with Gasteiger partial charge in [0.2, 0.25) is 5.91 Å². The minimum atomic E-state index is -0.0574. The third kappa shape index (κ3) is 6.38. The van der Waals surface area contributed by atoms with E-state index in [0.717, 1.165) is 30.8 Å². The highest BCUT2D eigenvalue weighted by Gasteiger charge is 2.05. The van der Waals surface area contributed by atoms with Crippen LogP contribution < -0.4 is 10.6 Å². The molecule has 2 N–H and O–H groups in total. The Morgan fingerprint density at radius 1 is 1.12 bits per heavy atom. The highest BCUT2D eigenvalue weighted by molar-refractivity contribution is 5.91. The van der Waals surface area contributed by atoms with Gasteiger partial charge in [-0.15, -0.1) is 0 Å². The van der Waals surface area contributed by atoms with Crippen LogP contribution in [-0.2, 0) is 11.2 Å². The summed E-state index contributed by atoms with van der Waals surface area (Å²) in [5.74, 6) is 0.518. The Morgan fingerprint density at radius 3 is 2.50 bits per heavy atom. The van der Waals surface area contributed by atoms with Crippen molar-refractivity contribution in [2.24, 2.45) is 0 Å². The van der Waals surface area contributed by atoms with Gasteiger partial charge in [-0.25, -0.2) is 4.98 Å². The molecular weight excluding hydrogens is 300 g/mol. The fourth-order valence-electron chi connectivity index (χ4n) is 2.28. The standard InChI is InChI=1S/C19H26N4O/c1-15-5-7-16(8-6-15)13-19(24)22-18-10-9-17(14-21-18)20-11-4-12-23(2)3/h5-10,14,20H,4,11-13H2,1-3H3,(H,21,22,24). The molecule has 5 nitrogen and oxygen atoms in total. The Labute approximate surface area is 144 Å². The van der Waals surface area contributed by atoms with Crippen molar-refractivity contribution in [3.05, 3.63) is 53.7 Å². The molecule has 2 rings (SSSR count). The molecule has 1 amide bonds. The minimum absolute atomic E-state index is 0.0574. The predicted molar refractivity (Wildman–Crippen MR) is 99.4 cm³/mol. The van der Waals surface area contributed by atoms with Crippen molar-refractivity contribution in [1.29, 1.82) is 0 Å². The van der Waals surface area contributed by atoms with Gasteiger partial charge in [0.15, 0.2) is 0 Å². The van der Waals surface area contributed by atoms with Crippen molar-refractivity contribution in [2.75, 3.05) is 37.8 Å². The van der Waals surface area contributed by atoms with Crippen LogP contribution in [0.15, 0.2) is 42.6 Å². The number of aryl methyl sites for hydroxylation is 1. The molecule has 0 atom stereocenters. The molecule has 2 aromatic rings. The zero-order valence-electron chi connectivity index (χ0n) is 14.7. The lowest BCUT2D eigenvalue weighted by Crippen LogP contribution is -2.17. The number of hydrogen-bond acceptors (Lipinski definition) is 4. The van der Waals surface area contributed by atoms with Crippen molar-refractivity contribution < 1.29 is 4.79 Å². The number of rotatable bonds is 8. The largest absolute Gasteiger partial charge is 0.384 e. The number of nitrogens with one attached hydrogen (secondary N) is 2. The number of anilines is 2. The number of amides is 1. The SMILES string of the molecule is Cc1ccc(CC(=O)Nc2ccc(NCCCN(C)C)cn2)cc1. The summed E-state index contributed by atoms with van der Waals surface area (Å²) >= 11 is 0. The van der Waals surface area contributed by atoms with Crippen LogP contribution in [0.5, 0.6) is 0 Å². The van der Waals surface area contributed by atoms with E-state index in [1.54, 1.807) is 6.20 Å². The van der Waals surface area contributed by atoms with Crippen LogP contribution in [0.2, 0.25) is 0 Å². The Kier molecular flexibility index (Phi) is 6.75. The molecule has 0 fully saturated rings. The van der Waals surface area contributed by atoms with Crippen molar-refractivity contribution in [1.82, 2.24) is 9.88 Å². The van der Waals surface area contributed by atoms with Crippen LogP contribution in [-0.4, -0.2) is 43.0 Å². The van der Waals surface area contributed by atoms with Crippen LogP contribution in [0.1, 0.15) is 17.5 Å². The van der Waals surface area contributed by atoms with Crippen molar-refractivity contribution in [2.45, 2.75) is 19.8 Å². The highest BCUT2D eigenvalue weighted by atomic mass is 16.1. The first-order chi connectivity index (χ1) is 11.5. The second-order valence-electron chi connectivity index (χ2n) is 6.23. The van der Waals surface area contributed by atoms with Gasteiger partial charge in [0.1, 0.15) is 5.82 Å². The third-order valence-electron chi connectivity index (χ3n) is 3.63. The van der Waals surface area contributed by atoms with Gasteiger partial charge in [-0.3, -0.25) is 4.79 Å². The molecule has 0 saturated carbocycles. The van der Waals surface area contributed by atoms with E-state index in [2.05, 4.69) is 34.6 Å². The minimum Gasteiger partial charge on any atom is -0.384 e. The molecule has 0 unspecified atom stereocenters. The van der Waals surface area contributed by atoms with Crippen LogP contribution >= 0.6 is 0 Å². The molecule has 128 valence electrons. The van der Waals surface area contributed by atoms with Gasteiger partial charge in [-0.1, -0.05) is 29.8 Å². The highest BCUT2D eigenvalue weighted by Crippen LogP contribution is 2.11. The number of pyridine rings is 1. The van der Waals surface area contributed by atoms with Crippen LogP contribution in [0, 0.1) is 6.92 Å². The maximum absolute atomic E-state index is 12.1. The Hall–Kier alpha value is -2.40. The Morgan fingerprint density at radius 2 is 1.88 bits per heavy atom. The van der Waals surface area contributed by atoms with E-state index >= 15 is 0 Å². The van der Waals surface area contributed by atoms with Gasteiger partial charge in [-0.2, -0.15) is 0 Å². The summed E-state index contributed by atoms with van der Waals surface area (Å²) in [7, 11) is 4.13. The zero-order chi connectivity index (χ0) is 17.4. The van der Waals surface area contributed by atoms with E-state index in [1.165, 1.54) is 5.56 Å². The molecule has 1 heterocycles. The monoisotopic (exact) mass is 326 g/mol. The van der Waals surface area contributed by atoms with Gasteiger partial charge in [0.05, 0.1) is 18.3 Å². The van der Waals surface area contributed by atoms with Gasteiger partial charge >= 0.3 is 0 Å². The van der Waals surface area contributed by atoms with E-state index in [0.29, 0.717) is 12.2 Å². The summed E-state index contributed by atoms with van der Waals surface area (Å²) in [5.41, 5.74) is 3.15. The zero-order valence-corrected chi connectivity index (χ0v) is 14.7. The number of nitrogens with zero attached hydrogens (tertiary/aromatic N) is 2. The van der Waals surface area contributed by atoms with Gasteiger partial charge < -0.3 is 15.5 Å². The molecule has 0 aliphatic rings. The lowest BCUT2D eigenvalue weighted by Gasteiger charge is -2.11. The van der Waals surface area contributed by atoms with Gasteiger partial charge in [-0.05, 0) is 51.7 Å². The fraction of sp³-hybridized carbons (Fsp3) is 0.368. The third-order valence-corrected chi connectivity index (χ3v) is 3.63.